The van der Waals surface area contributed by atoms with Crippen LogP contribution in [-0.4, -0.2) is 17.4 Å². The summed E-state index contributed by atoms with van der Waals surface area (Å²) < 4.78 is 12.8. The van der Waals surface area contributed by atoms with Crippen molar-refractivity contribution in [3.63, 3.8) is 0 Å². The fourth-order valence-electron chi connectivity index (χ4n) is 2.16. The molecule has 1 saturated heterocycles. The Balaban J connectivity index is 2.14. The van der Waals surface area contributed by atoms with E-state index in [2.05, 4.69) is 0 Å². The monoisotopic (exact) mass is 221 g/mol. The van der Waals surface area contributed by atoms with Gasteiger partial charge in [-0.3, -0.25) is 4.79 Å². The molecular weight excluding hydrogens is 205 g/mol. The van der Waals surface area contributed by atoms with Crippen LogP contribution >= 0.6 is 0 Å². The maximum atomic E-state index is 12.8. The predicted molar refractivity (Wildman–Crippen MR) is 60.4 cm³/mol. The van der Waals surface area contributed by atoms with Gasteiger partial charge in [-0.1, -0.05) is 12.1 Å². The number of hydrogen-bond donors (Lipinski definition) is 0. The number of likely N-dealkylation sites (tertiary alicyclic amines) is 1. The molecule has 0 spiro atoms. The third kappa shape index (κ3) is 2.23. The molecule has 0 unspecified atom stereocenters. The normalized spacial score (nSPS) is 18.6. The van der Waals surface area contributed by atoms with Gasteiger partial charge in [-0.05, 0) is 37.5 Å². The van der Waals surface area contributed by atoms with Gasteiger partial charge < -0.3 is 4.90 Å². The molecule has 86 valence electrons. The number of carbonyl (C=O) groups is 1. The number of carbonyl (C=O) groups excluding carboxylic acids is 1. The van der Waals surface area contributed by atoms with Gasteiger partial charge in [0.05, 0.1) is 6.04 Å². The first-order chi connectivity index (χ1) is 7.68. The fraction of sp³-hybridized carbons (Fsp3) is 0.462. The first-order valence-corrected chi connectivity index (χ1v) is 5.73. The molecule has 0 saturated carbocycles. The molecular formula is C13H16FNO. The zero-order valence-corrected chi connectivity index (χ0v) is 9.45. The number of rotatable bonds is 2. The van der Waals surface area contributed by atoms with Crippen molar-refractivity contribution < 1.29 is 9.18 Å². The van der Waals surface area contributed by atoms with Crippen molar-refractivity contribution in [2.75, 3.05) is 6.54 Å². The van der Waals surface area contributed by atoms with Crippen molar-refractivity contribution in [3.8, 4) is 0 Å². The second-order valence-corrected chi connectivity index (χ2v) is 4.27. The minimum Gasteiger partial charge on any atom is -0.336 e. The predicted octanol–water partition coefficient (Wildman–Crippen LogP) is 2.90. The summed E-state index contributed by atoms with van der Waals surface area (Å²) in [5, 5.41) is 0. The van der Waals surface area contributed by atoms with E-state index in [1.807, 2.05) is 11.8 Å². The maximum Gasteiger partial charge on any atom is 0.223 e. The lowest BCUT2D eigenvalue weighted by molar-refractivity contribution is -0.135. The Bertz CT molecular complexity index is 374. The number of hydrogen-bond acceptors (Lipinski definition) is 1. The Hall–Kier alpha value is -1.38. The van der Waals surface area contributed by atoms with E-state index in [0.717, 1.165) is 24.9 Å². The van der Waals surface area contributed by atoms with Gasteiger partial charge >= 0.3 is 0 Å². The summed E-state index contributed by atoms with van der Waals surface area (Å²) in [5.74, 6) is -0.0241. The summed E-state index contributed by atoms with van der Waals surface area (Å²) in [7, 11) is 0. The molecule has 2 nitrogen and oxygen atoms in total. The van der Waals surface area contributed by atoms with Crippen molar-refractivity contribution in [3.05, 3.63) is 35.6 Å². The summed E-state index contributed by atoms with van der Waals surface area (Å²) in [5.41, 5.74) is 0.997. The van der Waals surface area contributed by atoms with Crippen molar-refractivity contribution in [1.82, 2.24) is 4.90 Å². The van der Waals surface area contributed by atoms with Crippen LogP contribution in [0.4, 0.5) is 4.39 Å². The molecule has 1 heterocycles. The summed E-state index contributed by atoms with van der Waals surface area (Å²) in [6, 6.07) is 6.44. The van der Waals surface area contributed by atoms with Crippen LogP contribution in [0.5, 0.6) is 0 Å². The van der Waals surface area contributed by atoms with Crippen molar-refractivity contribution in [2.45, 2.75) is 32.2 Å². The molecule has 0 radical (unpaired) electrons. The molecule has 2 rings (SSSR count). The number of nitrogens with zero attached hydrogens (tertiary/aromatic N) is 1. The van der Waals surface area contributed by atoms with Crippen molar-refractivity contribution in [2.24, 2.45) is 0 Å². The van der Waals surface area contributed by atoms with E-state index in [1.165, 1.54) is 12.1 Å². The first kappa shape index (κ1) is 11.1. The highest BCUT2D eigenvalue weighted by atomic mass is 19.1. The maximum absolute atomic E-state index is 12.8. The first-order valence-electron chi connectivity index (χ1n) is 5.73. The van der Waals surface area contributed by atoms with Crippen LogP contribution in [-0.2, 0) is 4.79 Å². The molecule has 0 bridgehead atoms. The highest BCUT2D eigenvalue weighted by Gasteiger charge is 2.23. The third-order valence-corrected chi connectivity index (χ3v) is 3.18. The lowest BCUT2D eigenvalue weighted by atomic mass is 10.0. The Morgan fingerprint density at radius 1 is 1.25 bits per heavy atom. The number of benzene rings is 1. The van der Waals surface area contributed by atoms with E-state index < -0.39 is 0 Å². The van der Waals surface area contributed by atoms with Crippen molar-refractivity contribution >= 4 is 5.91 Å². The van der Waals surface area contributed by atoms with E-state index in [0.29, 0.717) is 6.42 Å². The zero-order valence-electron chi connectivity index (χ0n) is 9.45. The van der Waals surface area contributed by atoms with Gasteiger partial charge in [0.1, 0.15) is 5.82 Å². The Labute approximate surface area is 95.1 Å². The lowest BCUT2D eigenvalue weighted by Gasteiger charge is -2.32. The average Bonchev–Trinajstić information content (AvgIpc) is 2.30. The summed E-state index contributed by atoms with van der Waals surface area (Å²) in [6.07, 6.45) is 2.70. The molecule has 1 aliphatic heterocycles. The molecule has 1 aromatic rings. The molecule has 1 amide bonds. The highest BCUT2D eigenvalue weighted by molar-refractivity contribution is 5.77. The van der Waals surface area contributed by atoms with Crippen LogP contribution in [0.3, 0.4) is 0 Å². The second-order valence-electron chi connectivity index (χ2n) is 4.27. The van der Waals surface area contributed by atoms with E-state index in [9.17, 15) is 9.18 Å². The van der Waals surface area contributed by atoms with E-state index >= 15 is 0 Å². The number of halogens is 1. The van der Waals surface area contributed by atoms with Crippen molar-refractivity contribution in [1.29, 1.82) is 0 Å². The smallest absolute Gasteiger partial charge is 0.223 e. The zero-order chi connectivity index (χ0) is 11.5. The summed E-state index contributed by atoms with van der Waals surface area (Å²) >= 11 is 0. The van der Waals surface area contributed by atoms with Gasteiger partial charge in [-0.15, -0.1) is 0 Å². The molecule has 0 N–H and O–H groups in total. The van der Waals surface area contributed by atoms with Gasteiger partial charge in [0, 0.05) is 13.0 Å². The van der Waals surface area contributed by atoms with Crippen LogP contribution < -0.4 is 0 Å². The van der Waals surface area contributed by atoms with Gasteiger partial charge in [0.15, 0.2) is 0 Å². The fourth-order valence-corrected chi connectivity index (χ4v) is 2.16. The van der Waals surface area contributed by atoms with Crippen LogP contribution in [0.15, 0.2) is 24.3 Å². The Morgan fingerprint density at radius 3 is 2.56 bits per heavy atom. The quantitative estimate of drug-likeness (QED) is 0.752. The van der Waals surface area contributed by atoms with Crippen LogP contribution in [0.2, 0.25) is 0 Å². The van der Waals surface area contributed by atoms with E-state index in [4.69, 9.17) is 0 Å². The highest BCUT2D eigenvalue weighted by Crippen LogP contribution is 2.24. The summed E-state index contributed by atoms with van der Waals surface area (Å²) in [4.78, 5) is 13.6. The molecule has 16 heavy (non-hydrogen) atoms. The summed E-state index contributed by atoms with van der Waals surface area (Å²) in [6.45, 7) is 2.81. The van der Waals surface area contributed by atoms with Crippen LogP contribution in [0, 0.1) is 5.82 Å². The minimum atomic E-state index is -0.235. The molecule has 1 atom stereocenters. The molecule has 3 heteroatoms. The van der Waals surface area contributed by atoms with E-state index in [1.54, 1.807) is 12.1 Å². The molecule has 1 aromatic carbocycles. The van der Waals surface area contributed by atoms with Crippen LogP contribution in [0.25, 0.3) is 0 Å². The average molecular weight is 221 g/mol. The largest absolute Gasteiger partial charge is 0.336 e. The second kappa shape index (κ2) is 4.64. The van der Waals surface area contributed by atoms with Gasteiger partial charge in [-0.25, -0.2) is 4.39 Å². The van der Waals surface area contributed by atoms with E-state index in [-0.39, 0.29) is 17.8 Å². The number of amides is 1. The van der Waals surface area contributed by atoms with Crippen LogP contribution in [0.1, 0.15) is 37.8 Å². The van der Waals surface area contributed by atoms with Gasteiger partial charge in [-0.2, -0.15) is 0 Å². The minimum absolute atomic E-state index is 0.0494. The SMILES string of the molecule is C[C@@H](c1ccc(F)cc1)N1CCCCC1=O. The Kier molecular flexibility index (Phi) is 3.22. The molecule has 1 fully saturated rings. The molecule has 0 aliphatic carbocycles. The molecule has 0 aromatic heterocycles. The standard InChI is InChI=1S/C13H16FNO/c1-10(11-5-7-12(14)8-6-11)15-9-3-2-4-13(15)16/h5-8,10H,2-4,9H2,1H3/t10-/m0/s1. The van der Waals surface area contributed by atoms with Gasteiger partial charge in [0.2, 0.25) is 5.91 Å². The topological polar surface area (TPSA) is 20.3 Å². The third-order valence-electron chi connectivity index (χ3n) is 3.18. The number of piperidine rings is 1. The lowest BCUT2D eigenvalue weighted by Crippen LogP contribution is -2.37. The molecule has 1 aliphatic rings. The Morgan fingerprint density at radius 2 is 1.94 bits per heavy atom. The van der Waals surface area contributed by atoms with Gasteiger partial charge in [0.25, 0.3) is 0 Å².